The highest BCUT2D eigenvalue weighted by molar-refractivity contribution is 6.30. The van der Waals surface area contributed by atoms with Crippen LogP contribution in [0.15, 0.2) is 42.5 Å². The van der Waals surface area contributed by atoms with E-state index in [1.165, 1.54) is 0 Å². The fraction of sp³-hybridized carbons (Fsp3) is 0.316. The van der Waals surface area contributed by atoms with Crippen molar-refractivity contribution < 1.29 is 14.3 Å². The molecule has 0 heterocycles. The minimum Gasteiger partial charge on any atom is -0.496 e. The second-order valence-electron chi connectivity index (χ2n) is 5.50. The van der Waals surface area contributed by atoms with E-state index in [0.717, 1.165) is 23.3 Å². The molecule has 0 radical (unpaired) electrons. The van der Waals surface area contributed by atoms with Gasteiger partial charge in [0.15, 0.2) is 6.61 Å². The maximum absolute atomic E-state index is 12.1. The van der Waals surface area contributed by atoms with Gasteiger partial charge in [0.05, 0.1) is 13.2 Å². The Morgan fingerprint density at radius 2 is 1.92 bits per heavy atom. The molecule has 0 spiro atoms. The molecule has 0 aliphatic rings. The second-order valence-corrected chi connectivity index (χ2v) is 5.94. The quantitative estimate of drug-likeness (QED) is 0.812. The lowest BCUT2D eigenvalue weighted by atomic mass is 10.0. The average molecular weight is 348 g/mol. The van der Waals surface area contributed by atoms with E-state index in [0.29, 0.717) is 10.8 Å². The third kappa shape index (κ3) is 4.90. The molecule has 2 rings (SSSR count). The van der Waals surface area contributed by atoms with E-state index in [1.54, 1.807) is 31.4 Å². The van der Waals surface area contributed by atoms with E-state index in [2.05, 4.69) is 5.32 Å². The minimum absolute atomic E-state index is 0.0345. The number of rotatable bonds is 7. The fourth-order valence-electron chi connectivity index (χ4n) is 2.46. The predicted molar refractivity (Wildman–Crippen MR) is 95.9 cm³/mol. The first kappa shape index (κ1) is 18.1. The standard InChI is InChI=1S/C19H22ClNO3/c1-4-17(14-5-10-18(23-3)13(2)11-14)21-19(22)12-24-16-8-6-15(20)7-9-16/h5-11,17H,4,12H2,1-3H3,(H,21,22)/t17-/m0/s1. The van der Waals surface area contributed by atoms with Gasteiger partial charge < -0.3 is 14.8 Å². The van der Waals surface area contributed by atoms with Crippen LogP contribution >= 0.6 is 11.6 Å². The number of nitrogens with one attached hydrogen (secondary N) is 1. The molecule has 0 bridgehead atoms. The maximum atomic E-state index is 12.1. The molecule has 0 fully saturated rings. The fourth-order valence-corrected chi connectivity index (χ4v) is 2.58. The lowest BCUT2D eigenvalue weighted by molar-refractivity contribution is -0.123. The average Bonchev–Trinajstić information content (AvgIpc) is 2.59. The van der Waals surface area contributed by atoms with Crippen LogP contribution in [-0.4, -0.2) is 19.6 Å². The smallest absolute Gasteiger partial charge is 0.258 e. The molecule has 0 saturated heterocycles. The Labute approximate surface area is 147 Å². The molecule has 0 aliphatic carbocycles. The summed E-state index contributed by atoms with van der Waals surface area (Å²) in [4.78, 5) is 12.1. The maximum Gasteiger partial charge on any atom is 0.258 e. The number of amides is 1. The van der Waals surface area contributed by atoms with Crippen LogP contribution in [-0.2, 0) is 4.79 Å². The van der Waals surface area contributed by atoms with Crippen molar-refractivity contribution in [1.82, 2.24) is 5.32 Å². The molecule has 1 atom stereocenters. The van der Waals surface area contributed by atoms with Crippen molar-refractivity contribution >= 4 is 17.5 Å². The first-order valence-corrected chi connectivity index (χ1v) is 8.23. The first-order valence-electron chi connectivity index (χ1n) is 7.85. The van der Waals surface area contributed by atoms with E-state index in [1.807, 2.05) is 32.0 Å². The lowest BCUT2D eigenvalue weighted by Gasteiger charge is -2.19. The van der Waals surface area contributed by atoms with Crippen LogP contribution in [0.25, 0.3) is 0 Å². The number of ether oxygens (including phenoxy) is 2. The van der Waals surface area contributed by atoms with Gasteiger partial charge in [0.1, 0.15) is 11.5 Å². The molecule has 4 nitrogen and oxygen atoms in total. The molecule has 0 aromatic heterocycles. The molecule has 0 unspecified atom stereocenters. The third-order valence-corrected chi connectivity index (χ3v) is 4.00. The Balaban J connectivity index is 1.95. The van der Waals surface area contributed by atoms with Crippen molar-refractivity contribution in [2.24, 2.45) is 0 Å². The lowest BCUT2D eigenvalue weighted by Crippen LogP contribution is -2.32. The van der Waals surface area contributed by atoms with Crippen LogP contribution in [0, 0.1) is 6.92 Å². The van der Waals surface area contributed by atoms with Crippen molar-refractivity contribution in [3.05, 3.63) is 58.6 Å². The van der Waals surface area contributed by atoms with Crippen LogP contribution < -0.4 is 14.8 Å². The number of halogens is 1. The summed E-state index contributed by atoms with van der Waals surface area (Å²) in [5.74, 6) is 1.29. The summed E-state index contributed by atoms with van der Waals surface area (Å²) in [5.41, 5.74) is 2.09. The van der Waals surface area contributed by atoms with Gasteiger partial charge in [-0.1, -0.05) is 30.7 Å². The highest BCUT2D eigenvalue weighted by Crippen LogP contribution is 2.24. The molecule has 2 aromatic carbocycles. The van der Waals surface area contributed by atoms with Crippen LogP contribution in [0.5, 0.6) is 11.5 Å². The van der Waals surface area contributed by atoms with Crippen molar-refractivity contribution in [3.63, 3.8) is 0 Å². The molecule has 1 N–H and O–H groups in total. The van der Waals surface area contributed by atoms with Gasteiger partial charge in [-0.3, -0.25) is 4.79 Å². The van der Waals surface area contributed by atoms with Gasteiger partial charge in [0, 0.05) is 5.02 Å². The Kier molecular flexibility index (Phi) is 6.50. The number of carbonyl (C=O) groups excluding carboxylic acids is 1. The van der Waals surface area contributed by atoms with Gasteiger partial charge in [-0.05, 0) is 54.8 Å². The van der Waals surface area contributed by atoms with E-state index in [4.69, 9.17) is 21.1 Å². The number of hydrogen-bond donors (Lipinski definition) is 1. The first-order chi connectivity index (χ1) is 11.5. The molecule has 5 heteroatoms. The van der Waals surface area contributed by atoms with E-state index in [-0.39, 0.29) is 18.6 Å². The number of methoxy groups -OCH3 is 1. The topological polar surface area (TPSA) is 47.6 Å². The number of aryl methyl sites for hydroxylation is 1. The Bertz CT molecular complexity index is 686. The summed E-state index contributed by atoms with van der Waals surface area (Å²) >= 11 is 5.82. The van der Waals surface area contributed by atoms with Crippen molar-refractivity contribution in [3.8, 4) is 11.5 Å². The second kappa shape index (κ2) is 8.60. The predicted octanol–water partition coefficient (Wildman–Crippen LogP) is 4.30. The number of benzene rings is 2. The van der Waals surface area contributed by atoms with Crippen molar-refractivity contribution in [1.29, 1.82) is 0 Å². The van der Waals surface area contributed by atoms with Crippen LogP contribution in [0.2, 0.25) is 5.02 Å². The van der Waals surface area contributed by atoms with Crippen molar-refractivity contribution in [2.45, 2.75) is 26.3 Å². The van der Waals surface area contributed by atoms with Gasteiger partial charge in [-0.25, -0.2) is 0 Å². The summed E-state index contributed by atoms with van der Waals surface area (Å²) in [6.07, 6.45) is 0.790. The zero-order valence-corrected chi connectivity index (χ0v) is 14.9. The van der Waals surface area contributed by atoms with Crippen LogP contribution in [0.1, 0.15) is 30.5 Å². The van der Waals surface area contributed by atoms with Gasteiger partial charge in [-0.2, -0.15) is 0 Å². The van der Waals surface area contributed by atoms with Gasteiger partial charge in [0.2, 0.25) is 0 Å². The Hall–Kier alpha value is -2.20. The van der Waals surface area contributed by atoms with Gasteiger partial charge in [-0.15, -0.1) is 0 Å². The summed E-state index contributed by atoms with van der Waals surface area (Å²) < 4.78 is 10.7. The number of carbonyl (C=O) groups is 1. The van der Waals surface area contributed by atoms with E-state index >= 15 is 0 Å². The molecule has 1 amide bonds. The molecule has 128 valence electrons. The highest BCUT2D eigenvalue weighted by Gasteiger charge is 2.14. The van der Waals surface area contributed by atoms with Crippen LogP contribution in [0.3, 0.4) is 0 Å². The molecule has 0 saturated carbocycles. The monoisotopic (exact) mass is 347 g/mol. The molecule has 24 heavy (non-hydrogen) atoms. The molecule has 2 aromatic rings. The van der Waals surface area contributed by atoms with E-state index in [9.17, 15) is 4.79 Å². The van der Waals surface area contributed by atoms with Crippen LogP contribution in [0.4, 0.5) is 0 Å². The summed E-state index contributed by atoms with van der Waals surface area (Å²) in [7, 11) is 1.65. The van der Waals surface area contributed by atoms with Gasteiger partial charge >= 0.3 is 0 Å². The minimum atomic E-state index is -0.162. The number of hydrogen-bond acceptors (Lipinski definition) is 3. The van der Waals surface area contributed by atoms with Crippen molar-refractivity contribution in [2.75, 3.05) is 13.7 Å². The molecule has 0 aliphatic heterocycles. The molecular formula is C19H22ClNO3. The molecular weight excluding hydrogens is 326 g/mol. The Morgan fingerprint density at radius 1 is 1.21 bits per heavy atom. The third-order valence-electron chi connectivity index (χ3n) is 3.75. The normalized spacial score (nSPS) is 11.7. The summed E-state index contributed by atoms with van der Waals surface area (Å²) in [6.45, 7) is 3.98. The highest BCUT2D eigenvalue weighted by atomic mass is 35.5. The van der Waals surface area contributed by atoms with Gasteiger partial charge in [0.25, 0.3) is 5.91 Å². The largest absolute Gasteiger partial charge is 0.496 e. The van der Waals surface area contributed by atoms with E-state index < -0.39 is 0 Å². The Morgan fingerprint density at radius 3 is 2.50 bits per heavy atom. The summed E-state index contributed by atoms with van der Waals surface area (Å²) in [6, 6.07) is 12.8. The SMILES string of the molecule is CC[C@H](NC(=O)COc1ccc(Cl)cc1)c1ccc(OC)c(C)c1. The summed E-state index contributed by atoms with van der Waals surface area (Å²) in [5, 5.41) is 3.63. The zero-order chi connectivity index (χ0) is 17.5. The zero-order valence-electron chi connectivity index (χ0n) is 14.1.